The fraction of sp³-hybridized carbons (Fsp3) is 0.304. The molecule has 1 saturated heterocycles. The Morgan fingerprint density at radius 1 is 1.14 bits per heavy atom. The number of amides is 1. The molecule has 0 spiro atoms. The number of benzene rings is 2. The Morgan fingerprint density at radius 2 is 1.82 bits per heavy atom. The fourth-order valence-electron chi connectivity index (χ4n) is 2.74. The summed E-state index contributed by atoms with van der Waals surface area (Å²) in [7, 11) is 0. The van der Waals surface area contributed by atoms with Crippen molar-refractivity contribution in [1.29, 1.82) is 0 Å². The van der Waals surface area contributed by atoms with Gasteiger partial charge in [-0.3, -0.25) is 0 Å². The number of rotatable bonds is 3. The molecule has 1 aliphatic heterocycles. The molecule has 1 heterocycles. The highest BCUT2D eigenvalue weighted by Crippen LogP contribution is 2.22. The quantitative estimate of drug-likeness (QED) is 0.655. The first-order valence-electron chi connectivity index (χ1n) is 9.14. The van der Waals surface area contributed by atoms with Crippen LogP contribution in [0.25, 0.3) is 0 Å². The predicted octanol–water partition coefficient (Wildman–Crippen LogP) is 3.67. The maximum Gasteiger partial charge on any atom is 0.407 e. The van der Waals surface area contributed by atoms with Crippen molar-refractivity contribution in [3.8, 4) is 11.8 Å². The van der Waals surface area contributed by atoms with Crippen molar-refractivity contribution >= 4 is 12.1 Å². The molecule has 0 radical (unpaired) electrons. The topological polar surface area (TPSA) is 64.6 Å². The monoisotopic (exact) mass is 377 g/mol. The lowest BCUT2D eigenvalue weighted by Gasteiger charge is -2.18. The molecule has 0 aliphatic carbocycles. The van der Waals surface area contributed by atoms with Gasteiger partial charge >= 0.3 is 12.1 Å². The Hall–Kier alpha value is -3.26. The van der Waals surface area contributed by atoms with Gasteiger partial charge in [0.25, 0.3) is 0 Å². The summed E-state index contributed by atoms with van der Waals surface area (Å²) in [4.78, 5) is 23.8. The van der Waals surface area contributed by atoms with E-state index in [4.69, 9.17) is 9.47 Å². The van der Waals surface area contributed by atoms with Gasteiger partial charge in [-0.05, 0) is 35.2 Å². The zero-order valence-corrected chi connectivity index (χ0v) is 16.2. The van der Waals surface area contributed by atoms with E-state index in [1.54, 1.807) is 24.3 Å². The van der Waals surface area contributed by atoms with Crippen LogP contribution in [0.1, 0.15) is 42.3 Å². The smallest absolute Gasteiger partial charge is 0.407 e. The van der Waals surface area contributed by atoms with Crippen LogP contribution in [0.3, 0.4) is 0 Å². The number of hydrogen-bond donors (Lipinski definition) is 1. The minimum Gasteiger partial charge on any atom is -0.447 e. The number of carbonyl (C=O) groups excluding carboxylic acids is 2. The predicted molar refractivity (Wildman–Crippen MR) is 106 cm³/mol. The van der Waals surface area contributed by atoms with Crippen molar-refractivity contribution in [3.63, 3.8) is 0 Å². The Balaban J connectivity index is 1.79. The lowest BCUT2D eigenvalue weighted by atomic mass is 9.87. The number of alkyl carbamates (subject to hydrolysis) is 1. The van der Waals surface area contributed by atoms with E-state index in [0.29, 0.717) is 5.56 Å². The minimum atomic E-state index is -0.818. The summed E-state index contributed by atoms with van der Waals surface area (Å²) in [5, 5.41) is 2.64. The average Bonchev–Trinajstić information content (AvgIpc) is 3.11. The van der Waals surface area contributed by atoms with Crippen LogP contribution < -0.4 is 5.32 Å². The molecule has 0 saturated carbocycles. The SMILES string of the molecule is CC(C)(C)c1ccc(C#C[C@@H](OC(=O)c2ccccc2)[C@@H]2COC(=O)N2)cc1. The molecule has 2 aromatic carbocycles. The van der Waals surface area contributed by atoms with Crippen molar-refractivity contribution in [1.82, 2.24) is 5.32 Å². The zero-order valence-electron chi connectivity index (χ0n) is 16.2. The lowest BCUT2D eigenvalue weighted by molar-refractivity contribution is 0.0346. The highest BCUT2D eigenvalue weighted by molar-refractivity contribution is 5.89. The van der Waals surface area contributed by atoms with Crippen LogP contribution in [0.15, 0.2) is 54.6 Å². The highest BCUT2D eigenvalue weighted by Gasteiger charge is 2.32. The molecule has 5 nitrogen and oxygen atoms in total. The molecule has 0 aromatic heterocycles. The maximum absolute atomic E-state index is 12.4. The van der Waals surface area contributed by atoms with Crippen LogP contribution in [0.4, 0.5) is 4.79 Å². The number of ether oxygens (including phenoxy) is 2. The zero-order chi connectivity index (χ0) is 20.1. The van der Waals surface area contributed by atoms with E-state index in [1.807, 2.05) is 30.3 Å². The number of nitrogens with one attached hydrogen (secondary N) is 1. The molecule has 28 heavy (non-hydrogen) atoms. The van der Waals surface area contributed by atoms with E-state index < -0.39 is 24.2 Å². The number of esters is 1. The van der Waals surface area contributed by atoms with Crippen LogP contribution in [0.5, 0.6) is 0 Å². The normalized spacial score (nSPS) is 17.0. The van der Waals surface area contributed by atoms with E-state index in [1.165, 1.54) is 5.56 Å². The second-order valence-corrected chi connectivity index (χ2v) is 7.64. The largest absolute Gasteiger partial charge is 0.447 e. The van der Waals surface area contributed by atoms with Gasteiger partial charge in [-0.2, -0.15) is 0 Å². The third kappa shape index (κ3) is 4.92. The van der Waals surface area contributed by atoms with Gasteiger partial charge in [-0.25, -0.2) is 9.59 Å². The van der Waals surface area contributed by atoms with Gasteiger partial charge in [0, 0.05) is 5.56 Å². The molecule has 3 rings (SSSR count). The van der Waals surface area contributed by atoms with Crippen LogP contribution in [0, 0.1) is 11.8 Å². The summed E-state index contributed by atoms with van der Waals surface area (Å²) in [6, 6.07) is 16.1. The molecular weight excluding hydrogens is 354 g/mol. The van der Waals surface area contributed by atoms with E-state index in [0.717, 1.165) is 5.56 Å². The molecule has 5 heteroatoms. The summed E-state index contributed by atoms with van der Waals surface area (Å²) < 4.78 is 10.5. The van der Waals surface area contributed by atoms with E-state index >= 15 is 0 Å². The van der Waals surface area contributed by atoms with Crippen LogP contribution in [-0.4, -0.2) is 30.8 Å². The van der Waals surface area contributed by atoms with E-state index in [2.05, 4.69) is 37.9 Å². The lowest BCUT2D eigenvalue weighted by Crippen LogP contribution is -2.40. The molecule has 1 N–H and O–H groups in total. The second-order valence-electron chi connectivity index (χ2n) is 7.64. The van der Waals surface area contributed by atoms with Crippen molar-refractivity contribution < 1.29 is 19.1 Å². The summed E-state index contributed by atoms with van der Waals surface area (Å²) in [5.74, 6) is 5.51. The third-order valence-corrected chi connectivity index (χ3v) is 4.42. The molecule has 144 valence electrons. The van der Waals surface area contributed by atoms with Gasteiger partial charge in [-0.15, -0.1) is 0 Å². The van der Waals surface area contributed by atoms with Crippen LogP contribution >= 0.6 is 0 Å². The molecule has 0 unspecified atom stereocenters. The maximum atomic E-state index is 12.4. The summed E-state index contributed by atoms with van der Waals surface area (Å²) in [6.07, 6.45) is -1.36. The first kappa shape index (κ1) is 19.5. The van der Waals surface area contributed by atoms with Gasteiger partial charge in [-0.1, -0.05) is 62.9 Å². The van der Waals surface area contributed by atoms with Crippen molar-refractivity contribution in [3.05, 3.63) is 71.3 Å². The van der Waals surface area contributed by atoms with Crippen molar-refractivity contribution in [2.75, 3.05) is 6.61 Å². The van der Waals surface area contributed by atoms with Gasteiger partial charge in [0.1, 0.15) is 12.6 Å². The van der Waals surface area contributed by atoms with E-state index in [-0.39, 0.29) is 12.0 Å². The fourth-order valence-corrected chi connectivity index (χ4v) is 2.74. The standard InChI is InChI=1S/C23H23NO4/c1-23(2,3)18-12-9-16(10-13-18)11-14-20(19-15-27-22(26)24-19)28-21(25)17-7-5-4-6-8-17/h4-10,12-13,19-20H,15H2,1-3H3,(H,24,26)/t19-,20+/m0/s1. The molecule has 0 bridgehead atoms. The molecule has 2 aromatic rings. The second kappa shape index (κ2) is 8.18. The number of carbonyl (C=O) groups is 2. The van der Waals surface area contributed by atoms with Gasteiger partial charge in [0.15, 0.2) is 6.10 Å². The molecular formula is C23H23NO4. The van der Waals surface area contributed by atoms with Gasteiger partial charge in [0.05, 0.1) is 5.56 Å². The van der Waals surface area contributed by atoms with Gasteiger partial charge < -0.3 is 14.8 Å². The van der Waals surface area contributed by atoms with Gasteiger partial charge in [0.2, 0.25) is 0 Å². The Bertz CT molecular complexity index is 902. The summed E-state index contributed by atoms with van der Waals surface area (Å²) in [6.45, 7) is 6.55. The minimum absolute atomic E-state index is 0.0607. The number of hydrogen-bond acceptors (Lipinski definition) is 4. The average molecular weight is 377 g/mol. The first-order chi connectivity index (χ1) is 13.3. The summed E-state index contributed by atoms with van der Waals surface area (Å²) >= 11 is 0. The summed E-state index contributed by atoms with van der Waals surface area (Å²) in [5.41, 5.74) is 2.50. The molecule has 2 atom stereocenters. The third-order valence-electron chi connectivity index (χ3n) is 4.42. The first-order valence-corrected chi connectivity index (χ1v) is 9.14. The van der Waals surface area contributed by atoms with Crippen molar-refractivity contribution in [2.45, 2.75) is 38.3 Å². The van der Waals surface area contributed by atoms with Crippen LogP contribution in [0.2, 0.25) is 0 Å². The highest BCUT2D eigenvalue weighted by atomic mass is 16.6. The number of cyclic esters (lactones) is 1. The van der Waals surface area contributed by atoms with Crippen molar-refractivity contribution in [2.24, 2.45) is 0 Å². The van der Waals surface area contributed by atoms with E-state index in [9.17, 15) is 9.59 Å². The van der Waals surface area contributed by atoms with Crippen LogP contribution in [-0.2, 0) is 14.9 Å². The Morgan fingerprint density at radius 3 is 2.39 bits per heavy atom. The molecule has 1 fully saturated rings. The molecule has 1 aliphatic rings. The Kier molecular flexibility index (Phi) is 5.70. The molecule has 1 amide bonds. The Labute approximate surface area is 165 Å².